The van der Waals surface area contributed by atoms with Crippen LogP contribution in [0.15, 0.2) is 23.1 Å². The Kier molecular flexibility index (Phi) is 3.54. The van der Waals surface area contributed by atoms with Crippen molar-refractivity contribution in [2.24, 2.45) is 11.7 Å². The van der Waals surface area contributed by atoms with Crippen molar-refractivity contribution in [3.8, 4) is 0 Å². The molecule has 1 aromatic carbocycles. The van der Waals surface area contributed by atoms with Gasteiger partial charge in [-0.1, -0.05) is 13.0 Å². The number of aryl methyl sites for hydroxylation is 2. The first-order valence-electron chi connectivity index (χ1n) is 6.07. The topological polar surface area (TPSA) is 60.2 Å². The second kappa shape index (κ2) is 4.78. The lowest BCUT2D eigenvalue weighted by Crippen LogP contribution is -2.21. The Morgan fingerprint density at radius 2 is 2.00 bits per heavy atom. The molecule has 0 heterocycles. The Morgan fingerprint density at radius 1 is 1.29 bits per heavy atom. The fourth-order valence-corrected chi connectivity index (χ4v) is 3.96. The van der Waals surface area contributed by atoms with E-state index in [1.165, 1.54) is 11.1 Å². The van der Waals surface area contributed by atoms with E-state index < -0.39 is 9.84 Å². The maximum Gasteiger partial charge on any atom is 0.178 e. The number of sulfone groups is 1. The molecule has 2 N–H and O–H groups in total. The van der Waals surface area contributed by atoms with Crippen LogP contribution in [-0.2, 0) is 22.7 Å². The summed E-state index contributed by atoms with van der Waals surface area (Å²) in [6, 6.07) is 5.55. The largest absolute Gasteiger partial charge is 0.330 e. The molecule has 2 rings (SSSR count). The summed E-state index contributed by atoms with van der Waals surface area (Å²) < 4.78 is 24.3. The average Bonchev–Trinajstić information content (AvgIpc) is 2.75. The van der Waals surface area contributed by atoms with Crippen LogP contribution in [0.25, 0.3) is 0 Å². The summed E-state index contributed by atoms with van der Waals surface area (Å²) in [7, 11) is -3.17. The summed E-state index contributed by atoms with van der Waals surface area (Å²) in [5.41, 5.74) is 7.99. The van der Waals surface area contributed by atoms with Gasteiger partial charge in [-0.15, -0.1) is 0 Å². The molecule has 0 aromatic heterocycles. The molecule has 0 radical (unpaired) electrons. The Morgan fingerprint density at radius 3 is 2.71 bits per heavy atom. The quantitative estimate of drug-likeness (QED) is 0.885. The van der Waals surface area contributed by atoms with Gasteiger partial charge in [0.05, 0.1) is 10.6 Å². The minimum absolute atomic E-state index is 0.00764. The molecule has 0 saturated heterocycles. The van der Waals surface area contributed by atoms with Gasteiger partial charge in [0.25, 0.3) is 0 Å². The lowest BCUT2D eigenvalue weighted by molar-refractivity contribution is 0.573. The predicted octanol–water partition coefficient (Wildman–Crippen LogP) is 1.54. The zero-order valence-electron chi connectivity index (χ0n) is 10.1. The smallest absolute Gasteiger partial charge is 0.178 e. The van der Waals surface area contributed by atoms with Crippen LogP contribution in [0, 0.1) is 5.92 Å². The molecule has 1 atom stereocenters. The zero-order valence-corrected chi connectivity index (χ0v) is 11.0. The molecule has 0 spiro atoms. The highest BCUT2D eigenvalue weighted by molar-refractivity contribution is 7.91. The summed E-state index contributed by atoms with van der Waals surface area (Å²) in [6.45, 7) is 2.27. The number of hydrogen-bond acceptors (Lipinski definition) is 3. The standard InChI is InChI=1S/C13H19NO2S/c1-10(8-14)9-17(15,16)13-6-5-11-3-2-4-12(11)7-13/h5-7,10H,2-4,8-9,14H2,1H3. The second-order valence-electron chi connectivity index (χ2n) is 4.91. The average molecular weight is 253 g/mol. The van der Waals surface area contributed by atoms with Crippen molar-refractivity contribution in [3.63, 3.8) is 0 Å². The summed E-state index contributed by atoms with van der Waals surface area (Å²) in [5, 5.41) is 0. The molecular formula is C13H19NO2S. The maximum atomic E-state index is 12.1. The van der Waals surface area contributed by atoms with Crippen molar-refractivity contribution in [1.29, 1.82) is 0 Å². The summed E-state index contributed by atoms with van der Waals surface area (Å²) >= 11 is 0. The third-order valence-electron chi connectivity index (χ3n) is 3.34. The molecule has 1 aliphatic carbocycles. The van der Waals surface area contributed by atoms with E-state index in [1.54, 1.807) is 6.07 Å². The van der Waals surface area contributed by atoms with Crippen molar-refractivity contribution in [3.05, 3.63) is 29.3 Å². The Balaban J connectivity index is 2.28. The highest BCUT2D eigenvalue weighted by atomic mass is 32.2. The van der Waals surface area contributed by atoms with Crippen LogP contribution in [0.4, 0.5) is 0 Å². The third-order valence-corrected chi connectivity index (χ3v) is 5.32. The molecule has 0 amide bonds. The van der Waals surface area contributed by atoms with Crippen LogP contribution in [0.5, 0.6) is 0 Å². The Bertz CT molecular complexity index is 508. The molecule has 17 heavy (non-hydrogen) atoms. The molecule has 3 nitrogen and oxygen atoms in total. The van der Waals surface area contributed by atoms with Gasteiger partial charge in [0.2, 0.25) is 0 Å². The van der Waals surface area contributed by atoms with Gasteiger partial charge in [-0.2, -0.15) is 0 Å². The number of hydrogen-bond donors (Lipinski definition) is 1. The van der Waals surface area contributed by atoms with Gasteiger partial charge in [-0.05, 0) is 55.0 Å². The lowest BCUT2D eigenvalue weighted by atomic mass is 10.1. The van der Waals surface area contributed by atoms with E-state index in [9.17, 15) is 8.42 Å². The Labute approximate surface area is 103 Å². The summed E-state index contributed by atoms with van der Waals surface area (Å²) in [5.74, 6) is 0.149. The molecule has 1 aromatic rings. The minimum atomic E-state index is -3.17. The van der Waals surface area contributed by atoms with Gasteiger partial charge in [0.1, 0.15) is 0 Å². The fraction of sp³-hybridized carbons (Fsp3) is 0.538. The molecule has 4 heteroatoms. The predicted molar refractivity (Wildman–Crippen MR) is 68.7 cm³/mol. The molecule has 0 saturated carbocycles. The molecule has 1 aliphatic rings. The third kappa shape index (κ3) is 2.69. The van der Waals surface area contributed by atoms with Crippen molar-refractivity contribution in [2.75, 3.05) is 12.3 Å². The summed E-state index contributed by atoms with van der Waals surface area (Å²) in [4.78, 5) is 0.457. The molecule has 0 aliphatic heterocycles. The number of fused-ring (bicyclic) bond motifs is 1. The first-order valence-corrected chi connectivity index (χ1v) is 7.73. The van der Waals surface area contributed by atoms with E-state index in [0.29, 0.717) is 11.4 Å². The molecule has 94 valence electrons. The first-order chi connectivity index (χ1) is 8.03. The van der Waals surface area contributed by atoms with E-state index in [1.807, 2.05) is 19.1 Å². The second-order valence-corrected chi connectivity index (χ2v) is 6.94. The molecular weight excluding hydrogens is 234 g/mol. The maximum absolute atomic E-state index is 12.1. The first kappa shape index (κ1) is 12.6. The number of benzene rings is 1. The monoisotopic (exact) mass is 253 g/mol. The SMILES string of the molecule is CC(CN)CS(=O)(=O)c1ccc2c(c1)CCC2. The Hall–Kier alpha value is -0.870. The van der Waals surface area contributed by atoms with Crippen molar-refractivity contribution < 1.29 is 8.42 Å². The van der Waals surface area contributed by atoms with Crippen molar-refractivity contribution >= 4 is 9.84 Å². The lowest BCUT2D eigenvalue weighted by Gasteiger charge is -2.10. The van der Waals surface area contributed by atoms with Crippen molar-refractivity contribution in [2.45, 2.75) is 31.1 Å². The van der Waals surface area contributed by atoms with Crippen molar-refractivity contribution in [1.82, 2.24) is 0 Å². The minimum Gasteiger partial charge on any atom is -0.330 e. The van der Waals surface area contributed by atoms with E-state index >= 15 is 0 Å². The fourth-order valence-electron chi connectivity index (χ4n) is 2.28. The van der Waals surface area contributed by atoms with Crippen LogP contribution in [0.2, 0.25) is 0 Å². The van der Waals surface area contributed by atoms with Crippen LogP contribution in [0.1, 0.15) is 24.5 Å². The molecule has 0 fully saturated rings. The van der Waals surface area contributed by atoms with Gasteiger partial charge in [0, 0.05) is 0 Å². The van der Waals surface area contributed by atoms with Gasteiger partial charge in [0.15, 0.2) is 9.84 Å². The van der Waals surface area contributed by atoms with Crippen LogP contribution >= 0.6 is 0 Å². The van der Waals surface area contributed by atoms with E-state index in [4.69, 9.17) is 5.73 Å². The van der Waals surface area contributed by atoms with Crippen LogP contribution in [-0.4, -0.2) is 20.7 Å². The van der Waals surface area contributed by atoms with E-state index in [0.717, 1.165) is 19.3 Å². The van der Waals surface area contributed by atoms with E-state index in [2.05, 4.69) is 0 Å². The summed E-state index contributed by atoms with van der Waals surface area (Å²) in [6.07, 6.45) is 3.22. The van der Waals surface area contributed by atoms with Crippen LogP contribution < -0.4 is 5.73 Å². The molecule has 1 unspecified atom stereocenters. The van der Waals surface area contributed by atoms with E-state index in [-0.39, 0.29) is 11.7 Å². The van der Waals surface area contributed by atoms with Gasteiger partial charge < -0.3 is 5.73 Å². The van der Waals surface area contributed by atoms with Gasteiger partial charge >= 0.3 is 0 Å². The molecule has 0 bridgehead atoms. The number of nitrogens with two attached hydrogens (primary N) is 1. The number of rotatable bonds is 4. The highest BCUT2D eigenvalue weighted by Gasteiger charge is 2.20. The zero-order chi connectivity index (χ0) is 12.5. The van der Waals surface area contributed by atoms with Gasteiger partial charge in [-0.3, -0.25) is 0 Å². The normalized spacial score (nSPS) is 16.8. The van der Waals surface area contributed by atoms with Gasteiger partial charge in [-0.25, -0.2) is 8.42 Å². The van der Waals surface area contributed by atoms with Crippen LogP contribution in [0.3, 0.4) is 0 Å². The highest BCUT2D eigenvalue weighted by Crippen LogP contribution is 2.25.